The molecule has 0 aliphatic carbocycles. The summed E-state index contributed by atoms with van der Waals surface area (Å²) in [4.78, 5) is 22.8. The van der Waals surface area contributed by atoms with Gasteiger partial charge in [-0.15, -0.1) is 0 Å². The lowest BCUT2D eigenvalue weighted by Gasteiger charge is -2.07. The number of aromatic nitrogens is 2. The third kappa shape index (κ3) is 4.00. The van der Waals surface area contributed by atoms with E-state index >= 15 is 0 Å². The van der Waals surface area contributed by atoms with Crippen LogP contribution >= 0.6 is 0 Å². The number of ether oxygens (including phenoxy) is 1. The first-order valence-corrected chi connectivity index (χ1v) is 8.10. The molecule has 1 heterocycles. The molecule has 0 radical (unpaired) electrons. The fourth-order valence-electron chi connectivity index (χ4n) is 2.69. The van der Waals surface area contributed by atoms with Gasteiger partial charge in [-0.25, -0.2) is 9.18 Å². The third-order valence-corrected chi connectivity index (χ3v) is 4.07. The Hall–Kier alpha value is -3.55. The third-order valence-electron chi connectivity index (χ3n) is 4.07. The van der Waals surface area contributed by atoms with Gasteiger partial charge in [0, 0.05) is 0 Å². The minimum absolute atomic E-state index is 0.00879. The monoisotopic (exact) mass is 369 g/mol. The smallest absolute Gasteiger partial charge is 0.343 e. The minimum atomic E-state index is -0.560. The second-order valence-corrected chi connectivity index (χ2v) is 5.97. The van der Waals surface area contributed by atoms with Crippen LogP contribution in [-0.2, 0) is 6.54 Å². The Bertz CT molecular complexity index is 995. The molecule has 0 bridgehead atoms. The van der Waals surface area contributed by atoms with Crippen LogP contribution in [0.15, 0.2) is 48.5 Å². The summed E-state index contributed by atoms with van der Waals surface area (Å²) in [7, 11) is 0. The standard InChI is InChI=1S/C19H16FN3O4/c1-12-18(23(25)26)13(2)22(21-12)11-14-3-5-15(6-4-14)19(24)27-17-9-7-16(20)8-10-17/h3-10H,11H2,1-2H3. The fourth-order valence-corrected chi connectivity index (χ4v) is 2.69. The van der Waals surface area contributed by atoms with Crippen molar-refractivity contribution in [3.63, 3.8) is 0 Å². The molecule has 0 saturated carbocycles. The summed E-state index contributed by atoms with van der Waals surface area (Å²) in [5.74, 6) is -0.723. The number of carbonyl (C=O) groups excluding carboxylic acids is 1. The van der Waals surface area contributed by atoms with Crippen LogP contribution in [0.3, 0.4) is 0 Å². The van der Waals surface area contributed by atoms with Crippen LogP contribution in [0, 0.1) is 29.8 Å². The van der Waals surface area contributed by atoms with Gasteiger partial charge in [-0.2, -0.15) is 5.10 Å². The quantitative estimate of drug-likeness (QED) is 0.295. The predicted octanol–water partition coefficient (Wildman–Crippen LogP) is 3.81. The lowest BCUT2D eigenvalue weighted by molar-refractivity contribution is -0.386. The van der Waals surface area contributed by atoms with E-state index in [0.717, 1.165) is 5.56 Å². The van der Waals surface area contributed by atoms with E-state index in [1.54, 1.807) is 42.8 Å². The molecule has 0 N–H and O–H groups in total. The van der Waals surface area contributed by atoms with E-state index in [0.29, 0.717) is 23.5 Å². The van der Waals surface area contributed by atoms with Crippen LogP contribution in [0.4, 0.5) is 10.1 Å². The molecule has 0 atom stereocenters. The van der Waals surface area contributed by atoms with Gasteiger partial charge in [-0.05, 0) is 55.8 Å². The van der Waals surface area contributed by atoms with Gasteiger partial charge in [0.1, 0.15) is 23.0 Å². The maximum absolute atomic E-state index is 12.9. The highest BCUT2D eigenvalue weighted by molar-refractivity contribution is 5.91. The Morgan fingerprint density at radius 3 is 2.33 bits per heavy atom. The molecule has 2 aromatic carbocycles. The number of halogens is 1. The van der Waals surface area contributed by atoms with E-state index in [1.165, 1.54) is 24.3 Å². The molecule has 138 valence electrons. The molecule has 0 fully saturated rings. The van der Waals surface area contributed by atoms with Gasteiger partial charge < -0.3 is 4.74 Å². The molecule has 0 aliphatic heterocycles. The lowest BCUT2D eigenvalue weighted by Crippen LogP contribution is -2.09. The Kier molecular flexibility index (Phi) is 4.98. The van der Waals surface area contributed by atoms with Crippen molar-refractivity contribution >= 4 is 11.7 Å². The van der Waals surface area contributed by atoms with Crippen LogP contribution in [0.5, 0.6) is 5.75 Å². The first kappa shape index (κ1) is 18.2. The average Bonchev–Trinajstić information content (AvgIpc) is 2.91. The van der Waals surface area contributed by atoms with Crippen molar-refractivity contribution in [2.45, 2.75) is 20.4 Å². The molecule has 3 aromatic rings. The zero-order chi connectivity index (χ0) is 19.6. The molecule has 3 rings (SSSR count). The molecule has 0 spiro atoms. The highest BCUT2D eigenvalue weighted by atomic mass is 19.1. The number of rotatable bonds is 5. The number of hydrogen-bond acceptors (Lipinski definition) is 5. The van der Waals surface area contributed by atoms with Gasteiger partial charge in [0.2, 0.25) is 0 Å². The van der Waals surface area contributed by atoms with Crippen molar-refractivity contribution in [3.05, 3.63) is 87.0 Å². The number of nitrogens with zero attached hydrogens (tertiary/aromatic N) is 3. The number of carbonyl (C=O) groups is 1. The fraction of sp³-hybridized carbons (Fsp3) is 0.158. The molecular weight excluding hydrogens is 353 g/mol. The average molecular weight is 369 g/mol. The van der Waals surface area contributed by atoms with Crippen molar-refractivity contribution in [3.8, 4) is 5.75 Å². The Balaban J connectivity index is 1.72. The minimum Gasteiger partial charge on any atom is -0.423 e. The molecule has 1 aromatic heterocycles. The number of esters is 1. The van der Waals surface area contributed by atoms with E-state index in [2.05, 4.69) is 5.10 Å². The van der Waals surface area contributed by atoms with Crippen molar-refractivity contribution in [2.75, 3.05) is 0 Å². The summed E-state index contributed by atoms with van der Waals surface area (Å²) >= 11 is 0. The zero-order valence-electron chi connectivity index (χ0n) is 14.7. The number of benzene rings is 2. The topological polar surface area (TPSA) is 87.3 Å². The molecule has 27 heavy (non-hydrogen) atoms. The zero-order valence-corrected chi connectivity index (χ0v) is 14.7. The van der Waals surface area contributed by atoms with Gasteiger partial charge in [0.25, 0.3) is 0 Å². The maximum Gasteiger partial charge on any atom is 0.343 e. The van der Waals surface area contributed by atoms with Crippen molar-refractivity contribution < 1.29 is 18.8 Å². The summed E-state index contributed by atoms with van der Waals surface area (Å²) in [5.41, 5.74) is 2.00. The first-order valence-electron chi connectivity index (χ1n) is 8.10. The Morgan fingerprint density at radius 1 is 1.15 bits per heavy atom. The van der Waals surface area contributed by atoms with Crippen LogP contribution in [0.25, 0.3) is 0 Å². The van der Waals surface area contributed by atoms with Gasteiger partial charge in [0.05, 0.1) is 17.0 Å². The van der Waals surface area contributed by atoms with Gasteiger partial charge in [0.15, 0.2) is 0 Å². The van der Waals surface area contributed by atoms with Crippen molar-refractivity contribution in [1.82, 2.24) is 9.78 Å². The number of hydrogen-bond donors (Lipinski definition) is 0. The highest BCUT2D eigenvalue weighted by Gasteiger charge is 2.21. The van der Waals surface area contributed by atoms with E-state index < -0.39 is 16.7 Å². The molecule has 7 nitrogen and oxygen atoms in total. The van der Waals surface area contributed by atoms with Crippen LogP contribution in [0.2, 0.25) is 0 Å². The van der Waals surface area contributed by atoms with Crippen molar-refractivity contribution in [1.29, 1.82) is 0 Å². The summed E-state index contributed by atoms with van der Waals surface area (Å²) in [6.07, 6.45) is 0. The van der Waals surface area contributed by atoms with E-state index in [4.69, 9.17) is 4.74 Å². The summed E-state index contributed by atoms with van der Waals surface area (Å²) < 4.78 is 19.6. The van der Waals surface area contributed by atoms with E-state index in [9.17, 15) is 19.3 Å². The molecule has 0 amide bonds. The van der Waals surface area contributed by atoms with Crippen LogP contribution in [0.1, 0.15) is 27.3 Å². The van der Waals surface area contributed by atoms with Crippen LogP contribution in [-0.4, -0.2) is 20.7 Å². The summed E-state index contributed by atoms with van der Waals surface area (Å²) in [5, 5.41) is 15.3. The molecule has 0 aliphatic rings. The molecular formula is C19H16FN3O4. The number of nitro groups is 1. The Labute approximate surface area is 154 Å². The molecule has 0 unspecified atom stereocenters. The van der Waals surface area contributed by atoms with Gasteiger partial charge in [-0.1, -0.05) is 12.1 Å². The summed E-state index contributed by atoms with van der Waals surface area (Å²) in [6, 6.07) is 11.8. The normalized spacial score (nSPS) is 10.6. The second-order valence-electron chi connectivity index (χ2n) is 5.97. The second kappa shape index (κ2) is 7.36. The van der Waals surface area contributed by atoms with Gasteiger partial charge in [-0.3, -0.25) is 14.8 Å². The van der Waals surface area contributed by atoms with Gasteiger partial charge >= 0.3 is 11.7 Å². The highest BCUT2D eigenvalue weighted by Crippen LogP contribution is 2.22. The molecule has 8 heteroatoms. The van der Waals surface area contributed by atoms with E-state index in [1.807, 2.05) is 0 Å². The lowest BCUT2D eigenvalue weighted by atomic mass is 10.1. The van der Waals surface area contributed by atoms with Crippen molar-refractivity contribution in [2.24, 2.45) is 0 Å². The molecule has 0 saturated heterocycles. The van der Waals surface area contributed by atoms with E-state index in [-0.39, 0.29) is 11.4 Å². The Morgan fingerprint density at radius 2 is 1.78 bits per heavy atom. The maximum atomic E-state index is 12.9. The SMILES string of the molecule is Cc1nn(Cc2ccc(C(=O)Oc3ccc(F)cc3)cc2)c(C)c1[N+](=O)[O-]. The largest absolute Gasteiger partial charge is 0.423 e. The summed E-state index contributed by atoms with van der Waals surface area (Å²) in [6.45, 7) is 3.58. The van der Waals surface area contributed by atoms with Crippen LogP contribution < -0.4 is 4.74 Å². The first-order chi connectivity index (χ1) is 12.8. The number of aryl methyl sites for hydroxylation is 1. The predicted molar refractivity (Wildman–Crippen MR) is 95.3 cm³/mol.